The summed E-state index contributed by atoms with van der Waals surface area (Å²) < 4.78 is 14.5. The second kappa shape index (κ2) is 6.67. The molecule has 140 valence electrons. The van der Waals surface area contributed by atoms with E-state index in [9.17, 15) is 14.0 Å². The van der Waals surface area contributed by atoms with Gasteiger partial charge in [-0.3, -0.25) is 9.59 Å². The van der Waals surface area contributed by atoms with Crippen molar-refractivity contribution in [1.82, 2.24) is 4.90 Å². The fourth-order valence-corrected chi connectivity index (χ4v) is 4.96. The minimum Gasteiger partial charge on any atom is -0.343 e. The largest absolute Gasteiger partial charge is 0.343 e. The van der Waals surface area contributed by atoms with E-state index in [4.69, 9.17) is 0 Å². The third kappa shape index (κ3) is 2.91. The molecule has 1 aromatic rings. The van der Waals surface area contributed by atoms with Gasteiger partial charge in [0.15, 0.2) is 0 Å². The lowest BCUT2D eigenvalue weighted by Gasteiger charge is -2.39. The first-order valence-corrected chi connectivity index (χ1v) is 9.85. The summed E-state index contributed by atoms with van der Waals surface area (Å²) in [5.74, 6) is 0.603. The molecule has 0 atom stereocenters. The Morgan fingerprint density at radius 1 is 1.23 bits per heavy atom. The number of amides is 2. The van der Waals surface area contributed by atoms with Crippen molar-refractivity contribution in [2.45, 2.75) is 57.3 Å². The summed E-state index contributed by atoms with van der Waals surface area (Å²) in [6.45, 7) is 3.86. The molecule has 0 aromatic heterocycles. The van der Waals surface area contributed by atoms with Gasteiger partial charge in [0.2, 0.25) is 11.8 Å². The van der Waals surface area contributed by atoms with Crippen molar-refractivity contribution in [2.75, 3.05) is 24.5 Å². The van der Waals surface area contributed by atoms with Gasteiger partial charge >= 0.3 is 0 Å². The molecule has 5 heteroatoms. The Hall–Kier alpha value is -1.91. The molecule has 3 aliphatic rings. The molecular weight excluding hydrogens is 331 g/mol. The molecule has 4 nitrogen and oxygen atoms in total. The molecule has 0 unspecified atom stereocenters. The smallest absolute Gasteiger partial charge is 0.227 e. The summed E-state index contributed by atoms with van der Waals surface area (Å²) in [5, 5.41) is 0. The summed E-state index contributed by atoms with van der Waals surface area (Å²) >= 11 is 0. The zero-order chi connectivity index (χ0) is 18.3. The van der Waals surface area contributed by atoms with Crippen LogP contribution >= 0.6 is 0 Å². The number of likely N-dealkylation sites (tertiary alicyclic amines) is 1. The minimum atomic E-state index is -0.158. The number of nitrogens with zero attached hydrogens (tertiary/aromatic N) is 2. The molecule has 2 aliphatic heterocycles. The van der Waals surface area contributed by atoms with Crippen molar-refractivity contribution in [3.63, 3.8) is 0 Å². The summed E-state index contributed by atoms with van der Waals surface area (Å²) in [4.78, 5) is 28.0. The summed E-state index contributed by atoms with van der Waals surface area (Å²) in [6.07, 6.45) is 6.40. The molecule has 2 heterocycles. The van der Waals surface area contributed by atoms with E-state index in [-0.39, 0.29) is 23.0 Å². The van der Waals surface area contributed by atoms with Crippen LogP contribution in [0.25, 0.3) is 0 Å². The van der Waals surface area contributed by atoms with Crippen LogP contribution < -0.4 is 4.90 Å². The van der Waals surface area contributed by atoms with E-state index in [2.05, 4.69) is 0 Å². The van der Waals surface area contributed by atoms with Crippen LogP contribution in [-0.2, 0) is 15.0 Å². The minimum absolute atomic E-state index is 0.120. The lowest BCUT2D eigenvalue weighted by atomic mass is 9.65. The van der Waals surface area contributed by atoms with Gasteiger partial charge in [-0.05, 0) is 50.2 Å². The second-order valence-corrected chi connectivity index (χ2v) is 8.24. The third-order valence-corrected chi connectivity index (χ3v) is 6.71. The van der Waals surface area contributed by atoms with Gasteiger partial charge in [-0.15, -0.1) is 0 Å². The van der Waals surface area contributed by atoms with Crippen LogP contribution in [0.5, 0.6) is 0 Å². The maximum Gasteiger partial charge on any atom is 0.227 e. The van der Waals surface area contributed by atoms with Gasteiger partial charge in [-0.1, -0.05) is 12.5 Å². The van der Waals surface area contributed by atoms with Gasteiger partial charge in [0.25, 0.3) is 0 Å². The van der Waals surface area contributed by atoms with E-state index in [1.54, 1.807) is 13.0 Å². The number of benzene rings is 1. The maximum absolute atomic E-state index is 14.5. The molecule has 26 heavy (non-hydrogen) atoms. The number of carbonyl (C=O) groups excluding carboxylic acids is 2. The Morgan fingerprint density at radius 2 is 1.96 bits per heavy atom. The van der Waals surface area contributed by atoms with E-state index in [1.165, 1.54) is 6.07 Å². The predicted octanol–water partition coefficient (Wildman–Crippen LogP) is 3.63. The van der Waals surface area contributed by atoms with Crippen LogP contribution in [0.2, 0.25) is 0 Å². The Morgan fingerprint density at radius 3 is 2.58 bits per heavy atom. The van der Waals surface area contributed by atoms with Crippen LogP contribution in [0.15, 0.2) is 18.2 Å². The van der Waals surface area contributed by atoms with Gasteiger partial charge in [-0.2, -0.15) is 0 Å². The Balaban J connectivity index is 1.39. The average molecular weight is 358 g/mol. The van der Waals surface area contributed by atoms with Crippen LogP contribution in [0.1, 0.15) is 57.4 Å². The van der Waals surface area contributed by atoms with E-state index >= 15 is 0 Å². The van der Waals surface area contributed by atoms with Crippen LogP contribution in [0, 0.1) is 11.7 Å². The third-order valence-electron chi connectivity index (χ3n) is 6.71. The zero-order valence-corrected chi connectivity index (χ0v) is 15.5. The molecule has 0 bridgehead atoms. The Kier molecular flexibility index (Phi) is 4.49. The molecule has 0 radical (unpaired) electrons. The molecule has 0 N–H and O–H groups in total. The number of piperidine rings is 1. The van der Waals surface area contributed by atoms with E-state index in [1.807, 2.05) is 15.9 Å². The van der Waals surface area contributed by atoms with Crippen molar-refractivity contribution >= 4 is 17.5 Å². The molecule has 1 aliphatic carbocycles. The number of fused-ring (bicyclic) bond motifs is 2. The highest BCUT2D eigenvalue weighted by Crippen LogP contribution is 2.53. The van der Waals surface area contributed by atoms with Crippen molar-refractivity contribution in [2.24, 2.45) is 5.92 Å². The van der Waals surface area contributed by atoms with Gasteiger partial charge in [0, 0.05) is 44.0 Å². The SMILES string of the molecule is CC(=O)N1CCC(CCC(=O)N2CC3(CCC3)c3c(F)cccc32)CC1. The summed E-state index contributed by atoms with van der Waals surface area (Å²) in [6, 6.07) is 5.13. The second-order valence-electron chi connectivity index (χ2n) is 8.24. The van der Waals surface area contributed by atoms with Crippen molar-refractivity contribution < 1.29 is 14.0 Å². The van der Waals surface area contributed by atoms with Crippen LogP contribution in [-0.4, -0.2) is 36.3 Å². The highest BCUT2D eigenvalue weighted by molar-refractivity contribution is 5.96. The van der Waals surface area contributed by atoms with Gasteiger partial charge in [-0.25, -0.2) is 4.39 Å². The number of hydrogen-bond donors (Lipinski definition) is 0. The van der Waals surface area contributed by atoms with Crippen LogP contribution in [0.3, 0.4) is 0 Å². The number of rotatable bonds is 3. The van der Waals surface area contributed by atoms with E-state index in [0.717, 1.165) is 62.9 Å². The zero-order valence-electron chi connectivity index (χ0n) is 15.5. The normalized spacial score (nSPS) is 21.6. The fraction of sp³-hybridized carbons (Fsp3) is 0.619. The van der Waals surface area contributed by atoms with Gasteiger partial charge in [0.05, 0.1) is 5.69 Å². The number of hydrogen-bond acceptors (Lipinski definition) is 2. The molecule has 4 rings (SSSR count). The molecule has 1 spiro atoms. The fourth-order valence-electron chi connectivity index (χ4n) is 4.96. The Labute approximate surface area is 154 Å². The lowest BCUT2D eigenvalue weighted by Crippen LogP contribution is -2.42. The molecular formula is C21H27FN2O2. The first-order chi connectivity index (χ1) is 12.5. The molecule has 1 saturated heterocycles. The Bertz CT molecular complexity index is 721. The standard InChI is InChI=1S/C21H27FN2O2/c1-15(25)23-12-8-16(9-13-23)6-7-19(26)24-14-21(10-3-11-21)20-17(22)4-2-5-18(20)24/h2,4-5,16H,3,6-14H2,1H3. The molecule has 1 aromatic carbocycles. The number of halogens is 1. The summed E-state index contributed by atoms with van der Waals surface area (Å²) in [5.41, 5.74) is 1.43. The molecule has 2 fully saturated rings. The van der Waals surface area contributed by atoms with Crippen LogP contribution in [0.4, 0.5) is 10.1 Å². The first kappa shape index (κ1) is 17.5. The van der Waals surface area contributed by atoms with Crippen molar-refractivity contribution in [3.05, 3.63) is 29.6 Å². The van der Waals surface area contributed by atoms with Crippen molar-refractivity contribution in [3.8, 4) is 0 Å². The predicted molar refractivity (Wildman–Crippen MR) is 98.5 cm³/mol. The highest BCUT2D eigenvalue weighted by Gasteiger charge is 2.49. The van der Waals surface area contributed by atoms with Crippen molar-refractivity contribution in [1.29, 1.82) is 0 Å². The molecule has 1 saturated carbocycles. The molecule has 2 amide bonds. The average Bonchev–Trinajstić information content (AvgIpc) is 2.97. The maximum atomic E-state index is 14.5. The number of carbonyl (C=O) groups is 2. The van der Waals surface area contributed by atoms with E-state index in [0.29, 0.717) is 18.9 Å². The highest BCUT2D eigenvalue weighted by atomic mass is 19.1. The summed E-state index contributed by atoms with van der Waals surface area (Å²) in [7, 11) is 0. The quantitative estimate of drug-likeness (QED) is 0.828. The first-order valence-electron chi connectivity index (χ1n) is 9.85. The van der Waals surface area contributed by atoms with Gasteiger partial charge < -0.3 is 9.80 Å². The van der Waals surface area contributed by atoms with E-state index < -0.39 is 0 Å². The lowest BCUT2D eigenvalue weighted by molar-refractivity contribution is -0.130. The monoisotopic (exact) mass is 358 g/mol. The van der Waals surface area contributed by atoms with Gasteiger partial charge in [0.1, 0.15) is 5.82 Å². The topological polar surface area (TPSA) is 40.6 Å². The number of anilines is 1.